The fraction of sp³-hybridized carbons (Fsp3) is 0.667. The van der Waals surface area contributed by atoms with Crippen LogP contribution in [0.2, 0.25) is 0 Å². The maximum absolute atomic E-state index is 13.0. The van der Waals surface area contributed by atoms with E-state index in [0.717, 1.165) is 25.1 Å². The Labute approximate surface area is 151 Å². The summed E-state index contributed by atoms with van der Waals surface area (Å²) in [6.45, 7) is 5.29. The zero-order valence-corrected chi connectivity index (χ0v) is 15.2. The minimum Gasteiger partial charge on any atom is -0.353 e. The van der Waals surface area contributed by atoms with E-state index in [4.69, 9.17) is 0 Å². The quantitative estimate of drug-likeness (QED) is 0.802. The van der Waals surface area contributed by atoms with Crippen molar-refractivity contribution in [2.24, 2.45) is 0 Å². The van der Waals surface area contributed by atoms with Crippen LogP contribution in [0, 0.1) is 0 Å². The van der Waals surface area contributed by atoms with E-state index in [1.807, 2.05) is 23.8 Å². The molecule has 2 aliphatic rings. The summed E-state index contributed by atoms with van der Waals surface area (Å²) in [4.78, 5) is 22.5. The van der Waals surface area contributed by atoms with E-state index in [-0.39, 0.29) is 11.4 Å². The van der Waals surface area contributed by atoms with Gasteiger partial charge in [-0.25, -0.2) is 4.98 Å². The number of hydrogen-bond acceptors (Lipinski definition) is 4. The summed E-state index contributed by atoms with van der Waals surface area (Å²) < 4.78 is 39.1. The maximum Gasteiger partial charge on any atom is 0.416 e. The summed E-state index contributed by atoms with van der Waals surface area (Å²) in [5.74, 6) is 0.516. The minimum absolute atomic E-state index is 0.159. The van der Waals surface area contributed by atoms with Crippen LogP contribution in [-0.4, -0.2) is 66.0 Å². The van der Waals surface area contributed by atoms with Crippen molar-refractivity contribution < 1.29 is 18.0 Å². The lowest BCUT2D eigenvalue weighted by molar-refractivity contribution is -0.137. The van der Waals surface area contributed by atoms with Crippen LogP contribution in [0.4, 0.5) is 19.0 Å². The van der Waals surface area contributed by atoms with E-state index >= 15 is 0 Å². The van der Waals surface area contributed by atoms with Gasteiger partial charge in [0.25, 0.3) is 0 Å². The highest BCUT2D eigenvalue weighted by Crippen LogP contribution is 2.35. The first kappa shape index (κ1) is 18.9. The summed E-state index contributed by atoms with van der Waals surface area (Å²) in [6, 6.07) is 2.12. The minimum atomic E-state index is -4.38. The fourth-order valence-electron chi connectivity index (χ4n) is 3.99. The lowest BCUT2D eigenvalue weighted by Crippen LogP contribution is -2.61. The van der Waals surface area contributed by atoms with Gasteiger partial charge in [-0.1, -0.05) is 0 Å². The Morgan fingerprint density at radius 2 is 2.00 bits per heavy atom. The number of nitrogens with zero attached hydrogens (tertiary/aromatic N) is 4. The van der Waals surface area contributed by atoms with Crippen molar-refractivity contribution in [2.75, 3.05) is 44.7 Å². The SMILES string of the molecule is CCN1CCC2(CCC1=O)CN(c1cc(C(F)(F)F)ccn1)CCN2C. The van der Waals surface area contributed by atoms with Crippen molar-refractivity contribution in [3.8, 4) is 0 Å². The van der Waals surface area contributed by atoms with Gasteiger partial charge in [0.2, 0.25) is 5.91 Å². The molecular formula is C18H25F3N4O. The van der Waals surface area contributed by atoms with Gasteiger partial charge in [0.15, 0.2) is 0 Å². The summed E-state index contributed by atoms with van der Waals surface area (Å²) in [5, 5.41) is 0. The first-order valence-electron chi connectivity index (χ1n) is 9.02. The number of amides is 1. The van der Waals surface area contributed by atoms with E-state index in [2.05, 4.69) is 9.88 Å². The molecule has 0 radical (unpaired) electrons. The van der Waals surface area contributed by atoms with Gasteiger partial charge in [0.05, 0.1) is 5.56 Å². The molecule has 3 rings (SSSR count). The highest BCUT2D eigenvalue weighted by atomic mass is 19.4. The number of likely N-dealkylation sites (N-methyl/N-ethyl adjacent to an activating group) is 1. The van der Waals surface area contributed by atoms with Crippen molar-refractivity contribution in [1.29, 1.82) is 0 Å². The molecular weight excluding hydrogens is 345 g/mol. The third-order valence-corrected chi connectivity index (χ3v) is 5.78. The highest BCUT2D eigenvalue weighted by Gasteiger charge is 2.42. The molecule has 1 aromatic rings. The van der Waals surface area contributed by atoms with Crippen LogP contribution >= 0.6 is 0 Å². The number of alkyl halides is 3. The molecule has 1 spiro atoms. The zero-order valence-electron chi connectivity index (χ0n) is 15.2. The van der Waals surface area contributed by atoms with Gasteiger partial charge < -0.3 is 9.80 Å². The molecule has 8 heteroatoms. The number of piperazine rings is 1. The Balaban J connectivity index is 1.83. The van der Waals surface area contributed by atoms with Crippen LogP contribution < -0.4 is 4.90 Å². The average molecular weight is 370 g/mol. The van der Waals surface area contributed by atoms with Crippen LogP contribution in [0.1, 0.15) is 31.7 Å². The number of hydrogen-bond donors (Lipinski definition) is 0. The second-order valence-corrected chi connectivity index (χ2v) is 7.19. The van der Waals surface area contributed by atoms with Gasteiger partial charge in [-0.15, -0.1) is 0 Å². The zero-order chi connectivity index (χ0) is 18.9. The van der Waals surface area contributed by atoms with Crippen LogP contribution in [0.25, 0.3) is 0 Å². The first-order chi connectivity index (χ1) is 12.2. The number of carbonyl (C=O) groups excluding carboxylic acids is 1. The standard InChI is InChI=1S/C18H25F3N4O/c1-3-24-9-7-17(6-4-16(24)26)13-25(11-10-23(17)2)15-12-14(5-8-22-15)18(19,20)21/h5,8,12H,3-4,6-7,9-11,13H2,1-2H3. The van der Waals surface area contributed by atoms with Gasteiger partial charge in [0.1, 0.15) is 5.82 Å². The van der Waals surface area contributed by atoms with E-state index in [1.165, 1.54) is 6.20 Å². The monoisotopic (exact) mass is 370 g/mol. The summed E-state index contributed by atoms with van der Waals surface area (Å²) in [5.41, 5.74) is -0.892. The molecule has 1 amide bonds. The Kier molecular flexibility index (Phi) is 5.14. The lowest BCUT2D eigenvalue weighted by atomic mass is 9.86. The molecule has 1 unspecified atom stereocenters. The topological polar surface area (TPSA) is 39.7 Å². The first-order valence-corrected chi connectivity index (χ1v) is 9.02. The molecule has 0 aliphatic carbocycles. The second kappa shape index (κ2) is 7.06. The van der Waals surface area contributed by atoms with E-state index in [1.54, 1.807) is 0 Å². The van der Waals surface area contributed by atoms with E-state index in [0.29, 0.717) is 44.8 Å². The normalized spacial score (nSPS) is 25.7. The molecule has 2 fully saturated rings. The van der Waals surface area contributed by atoms with E-state index in [9.17, 15) is 18.0 Å². The highest BCUT2D eigenvalue weighted by molar-refractivity contribution is 5.76. The number of rotatable bonds is 2. The summed E-state index contributed by atoms with van der Waals surface area (Å²) >= 11 is 0. The molecule has 1 aromatic heterocycles. The van der Waals surface area contributed by atoms with Crippen molar-refractivity contribution >= 4 is 11.7 Å². The number of halogens is 3. The molecule has 0 saturated carbocycles. The Bertz CT molecular complexity index is 666. The number of carbonyl (C=O) groups is 1. The predicted octanol–water partition coefficient (Wildman–Crippen LogP) is 2.62. The maximum atomic E-state index is 13.0. The summed E-state index contributed by atoms with van der Waals surface area (Å²) in [7, 11) is 2.04. The van der Waals surface area contributed by atoms with Crippen molar-refractivity contribution in [1.82, 2.24) is 14.8 Å². The fourth-order valence-corrected chi connectivity index (χ4v) is 3.99. The smallest absolute Gasteiger partial charge is 0.353 e. The number of pyridine rings is 1. The molecule has 0 N–H and O–H groups in total. The summed E-state index contributed by atoms with van der Waals surface area (Å²) in [6.07, 6.45) is -1.15. The Morgan fingerprint density at radius 3 is 2.69 bits per heavy atom. The van der Waals surface area contributed by atoms with Gasteiger partial charge in [-0.2, -0.15) is 13.2 Å². The molecule has 26 heavy (non-hydrogen) atoms. The average Bonchev–Trinajstić information content (AvgIpc) is 2.77. The molecule has 5 nitrogen and oxygen atoms in total. The lowest BCUT2D eigenvalue weighted by Gasteiger charge is -2.49. The molecule has 1 atom stereocenters. The van der Waals surface area contributed by atoms with Gasteiger partial charge >= 0.3 is 6.18 Å². The predicted molar refractivity (Wildman–Crippen MR) is 92.9 cm³/mol. The van der Waals surface area contributed by atoms with Gasteiger partial charge in [-0.05, 0) is 38.9 Å². The molecule has 2 saturated heterocycles. The third-order valence-electron chi connectivity index (χ3n) is 5.78. The Morgan fingerprint density at radius 1 is 1.23 bits per heavy atom. The van der Waals surface area contributed by atoms with Crippen LogP contribution in [0.3, 0.4) is 0 Å². The third kappa shape index (κ3) is 3.65. The van der Waals surface area contributed by atoms with Crippen LogP contribution in [-0.2, 0) is 11.0 Å². The molecule has 0 bridgehead atoms. The van der Waals surface area contributed by atoms with Crippen molar-refractivity contribution in [3.05, 3.63) is 23.9 Å². The Hall–Kier alpha value is -1.83. The van der Waals surface area contributed by atoms with Crippen molar-refractivity contribution in [2.45, 2.75) is 37.9 Å². The number of anilines is 1. The molecule has 144 valence electrons. The van der Waals surface area contributed by atoms with Gasteiger partial charge in [0, 0.05) is 50.9 Å². The van der Waals surface area contributed by atoms with Crippen molar-refractivity contribution in [3.63, 3.8) is 0 Å². The van der Waals surface area contributed by atoms with Crippen LogP contribution in [0.5, 0.6) is 0 Å². The molecule has 3 heterocycles. The number of likely N-dealkylation sites (tertiary alicyclic amines) is 1. The van der Waals surface area contributed by atoms with Crippen LogP contribution in [0.15, 0.2) is 18.3 Å². The second-order valence-electron chi connectivity index (χ2n) is 7.19. The van der Waals surface area contributed by atoms with E-state index < -0.39 is 11.7 Å². The van der Waals surface area contributed by atoms with Gasteiger partial charge in [-0.3, -0.25) is 9.69 Å². The number of aromatic nitrogens is 1. The largest absolute Gasteiger partial charge is 0.416 e. The molecule has 0 aromatic carbocycles. The molecule has 2 aliphatic heterocycles.